The van der Waals surface area contributed by atoms with Crippen molar-refractivity contribution in [2.45, 2.75) is 51.2 Å². The number of ether oxygens (including phenoxy) is 2. The van der Waals surface area contributed by atoms with Gasteiger partial charge in [-0.1, -0.05) is 50.0 Å². The standard InChI is InChI=1S/C19H31N3O4Si/c1-15(23)22-13-18(26-14-25-10-11-27(2,3)4)17(20-19(24)21-22)12-16-8-6-5-7-9-16/h5-9,17-18H,10-14H2,1-4H3,(H2,20,21,24)/t17-,18-/m1/s1. The van der Waals surface area contributed by atoms with Crippen LogP contribution < -0.4 is 10.7 Å². The Labute approximate surface area is 162 Å². The van der Waals surface area contributed by atoms with Gasteiger partial charge in [-0.15, -0.1) is 0 Å². The van der Waals surface area contributed by atoms with E-state index in [1.54, 1.807) is 0 Å². The summed E-state index contributed by atoms with van der Waals surface area (Å²) in [6.45, 7) is 9.37. The van der Waals surface area contributed by atoms with Gasteiger partial charge in [0.25, 0.3) is 0 Å². The lowest BCUT2D eigenvalue weighted by Gasteiger charge is -2.27. The van der Waals surface area contributed by atoms with Gasteiger partial charge in [0.2, 0.25) is 5.91 Å². The van der Waals surface area contributed by atoms with Crippen LogP contribution >= 0.6 is 0 Å². The smallest absolute Gasteiger partial charge is 0.333 e. The Morgan fingerprint density at radius 2 is 1.96 bits per heavy atom. The molecule has 7 nitrogen and oxygen atoms in total. The van der Waals surface area contributed by atoms with Crippen molar-refractivity contribution in [3.05, 3.63) is 35.9 Å². The van der Waals surface area contributed by atoms with E-state index in [-0.39, 0.29) is 31.4 Å². The van der Waals surface area contributed by atoms with E-state index in [2.05, 4.69) is 30.4 Å². The van der Waals surface area contributed by atoms with E-state index in [0.717, 1.165) is 11.6 Å². The number of hydrogen-bond donors (Lipinski definition) is 2. The molecule has 2 atom stereocenters. The Morgan fingerprint density at radius 1 is 1.26 bits per heavy atom. The molecule has 1 heterocycles. The molecular formula is C19H31N3O4Si. The van der Waals surface area contributed by atoms with Gasteiger partial charge in [0.1, 0.15) is 12.9 Å². The minimum absolute atomic E-state index is 0.141. The van der Waals surface area contributed by atoms with Gasteiger partial charge in [-0.2, -0.15) is 0 Å². The van der Waals surface area contributed by atoms with E-state index in [1.807, 2.05) is 30.3 Å². The van der Waals surface area contributed by atoms with E-state index in [9.17, 15) is 9.59 Å². The molecule has 0 aromatic heterocycles. The number of rotatable bonds is 8. The largest absolute Gasteiger partial charge is 0.356 e. The molecule has 0 saturated carbocycles. The highest BCUT2D eigenvalue weighted by Crippen LogP contribution is 2.13. The zero-order chi connectivity index (χ0) is 19.9. The summed E-state index contributed by atoms with van der Waals surface area (Å²) in [5.41, 5.74) is 3.65. The molecule has 3 amide bonds. The monoisotopic (exact) mass is 393 g/mol. The minimum atomic E-state index is -1.15. The lowest BCUT2D eigenvalue weighted by Crippen LogP contribution is -2.47. The van der Waals surface area contributed by atoms with Crippen molar-refractivity contribution in [2.24, 2.45) is 0 Å². The van der Waals surface area contributed by atoms with E-state index < -0.39 is 14.1 Å². The fraction of sp³-hybridized carbons (Fsp3) is 0.579. The molecule has 1 aromatic rings. The molecule has 2 rings (SSSR count). The summed E-state index contributed by atoms with van der Waals surface area (Å²) in [4.78, 5) is 23.9. The highest BCUT2D eigenvalue weighted by Gasteiger charge is 2.32. The minimum Gasteiger partial charge on any atom is -0.356 e. The summed E-state index contributed by atoms with van der Waals surface area (Å²) < 4.78 is 11.6. The maximum absolute atomic E-state index is 12.1. The normalized spacial score (nSPS) is 20.6. The van der Waals surface area contributed by atoms with Gasteiger partial charge >= 0.3 is 6.03 Å². The Kier molecular flexibility index (Phi) is 7.82. The van der Waals surface area contributed by atoms with Gasteiger partial charge in [-0.3, -0.25) is 9.80 Å². The van der Waals surface area contributed by atoms with Crippen molar-refractivity contribution in [3.8, 4) is 0 Å². The molecule has 8 heteroatoms. The van der Waals surface area contributed by atoms with Crippen molar-refractivity contribution in [2.75, 3.05) is 19.9 Å². The first-order valence-corrected chi connectivity index (χ1v) is 13.0. The maximum Gasteiger partial charge on any atom is 0.333 e. The maximum atomic E-state index is 12.1. The lowest BCUT2D eigenvalue weighted by atomic mass is 10.0. The number of carbonyl (C=O) groups excluding carboxylic acids is 2. The fourth-order valence-electron chi connectivity index (χ4n) is 2.77. The van der Waals surface area contributed by atoms with Crippen LogP contribution in [0.25, 0.3) is 0 Å². The Hall–Kier alpha value is -1.90. The van der Waals surface area contributed by atoms with Crippen LogP contribution in [0.1, 0.15) is 12.5 Å². The number of nitrogens with zero attached hydrogens (tertiary/aromatic N) is 1. The predicted octanol–water partition coefficient (Wildman–Crippen LogP) is 2.37. The zero-order valence-corrected chi connectivity index (χ0v) is 17.7. The molecule has 2 N–H and O–H groups in total. The zero-order valence-electron chi connectivity index (χ0n) is 16.7. The highest BCUT2D eigenvalue weighted by molar-refractivity contribution is 6.76. The Bertz CT molecular complexity index is 621. The predicted molar refractivity (Wildman–Crippen MR) is 107 cm³/mol. The molecule has 0 bridgehead atoms. The Balaban J connectivity index is 2.00. The van der Waals surface area contributed by atoms with Crippen LogP contribution in [0.2, 0.25) is 25.7 Å². The van der Waals surface area contributed by atoms with Crippen LogP contribution in [0.5, 0.6) is 0 Å². The van der Waals surface area contributed by atoms with Crippen molar-refractivity contribution >= 4 is 20.0 Å². The molecule has 1 saturated heterocycles. The molecule has 0 aliphatic carbocycles. The number of hydrazine groups is 1. The van der Waals surface area contributed by atoms with E-state index in [0.29, 0.717) is 13.0 Å². The van der Waals surface area contributed by atoms with Crippen molar-refractivity contribution in [1.82, 2.24) is 15.8 Å². The third-order valence-electron chi connectivity index (χ3n) is 4.40. The van der Waals surface area contributed by atoms with E-state index in [4.69, 9.17) is 9.47 Å². The van der Waals surface area contributed by atoms with E-state index in [1.165, 1.54) is 11.9 Å². The molecular weight excluding hydrogens is 362 g/mol. The molecule has 27 heavy (non-hydrogen) atoms. The third-order valence-corrected chi connectivity index (χ3v) is 6.11. The first-order valence-electron chi connectivity index (χ1n) is 9.33. The van der Waals surface area contributed by atoms with Crippen LogP contribution in [-0.2, 0) is 20.7 Å². The van der Waals surface area contributed by atoms with Gasteiger partial charge in [0.05, 0.1) is 12.6 Å². The summed E-state index contributed by atoms with van der Waals surface area (Å²) >= 11 is 0. The topological polar surface area (TPSA) is 79.9 Å². The summed E-state index contributed by atoms with van der Waals surface area (Å²) in [5.74, 6) is -0.237. The lowest BCUT2D eigenvalue weighted by molar-refractivity contribution is -0.137. The molecule has 1 fully saturated rings. The van der Waals surface area contributed by atoms with Crippen LogP contribution in [0.3, 0.4) is 0 Å². The van der Waals surface area contributed by atoms with Gasteiger partial charge in [-0.25, -0.2) is 10.2 Å². The second-order valence-electron chi connectivity index (χ2n) is 8.05. The molecule has 1 aliphatic heterocycles. The Morgan fingerprint density at radius 3 is 2.59 bits per heavy atom. The SMILES string of the molecule is CC(=O)N1C[C@@H](OCOCC[Si](C)(C)C)[C@@H](Cc2ccccc2)NC(=O)N1. The molecule has 150 valence electrons. The molecule has 0 spiro atoms. The second-order valence-corrected chi connectivity index (χ2v) is 13.7. The second kappa shape index (κ2) is 9.87. The van der Waals surface area contributed by atoms with Crippen molar-refractivity contribution in [3.63, 3.8) is 0 Å². The van der Waals surface area contributed by atoms with Gasteiger partial charge < -0.3 is 14.8 Å². The average Bonchev–Trinajstić information content (AvgIpc) is 2.73. The quantitative estimate of drug-likeness (QED) is 0.404. The first-order chi connectivity index (χ1) is 12.7. The van der Waals surface area contributed by atoms with Crippen molar-refractivity contribution < 1.29 is 19.1 Å². The average molecular weight is 394 g/mol. The summed E-state index contributed by atoms with van der Waals surface area (Å²) in [7, 11) is -1.15. The molecule has 0 unspecified atom stereocenters. The fourth-order valence-corrected chi connectivity index (χ4v) is 3.53. The van der Waals surface area contributed by atoms with Gasteiger partial charge in [0.15, 0.2) is 0 Å². The van der Waals surface area contributed by atoms with Gasteiger partial charge in [0, 0.05) is 21.6 Å². The van der Waals surface area contributed by atoms with Crippen LogP contribution in [-0.4, -0.2) is 57.1 Å². The van der Waals surface area contributed by atoms with Gasteiger partial charge in [-0.05, 0) is 18.0 Å². The highest BCUT2D eigenvalue weighted by atomic mass is 28.3. The number of amides is 3. The van der Waals surface area contributed by atoms with Crippen LogP contribution in [0.4, 0.5) is 4.79 Å². The van der Waals surface area contributed by atoms with E-state index >= 15 is 0 Å². The van der Waals surface area contributed by atoms with Crippen LogP contribution in [0.15, 0.2) is 30.3 Å². The summed E-state index contributed by atoms with van der Waals surface area (Å²) in [6.07, 6.45) is 0.236. The third kappa shape index (κ3) is 7.70. The number of nitrogens with one attached hydrogen (secondary N) is 2. The number of urea groups is 1. The molecule has 1 aromatic carbocycles. The number of benzene rings is 1. The number of hydrogen-bond acceptors (Lipinski definition) is 4. The summed E-state index contributed by atoms with van der Waals surface area (Å²) in [6, 6.07) is 10.3. The number of carbonyl (C=O) groups is 2. The van der Waals surface area contributed by atoms with Crippen LogP contribution in [0, 0.1) is 0 Å². The summed E-state index contributed by atoms with van der Waals surface area (Å²) in [5, 5.41) is 4.19. The van der Waals surface area contributed by atoms with Crippen molar-refractivity contribution in [1.29, 1.82) is 0 Å². The molecule has 1 aliphatic rings. The first kappa shape index (κ1) is 21.4. The molecule has 0 radical (unpaired) electrons.